The molecular formula is C20H32N2O5S. The van der Waals surface area contributed by atoms with E-state index in [1.165, 1.54) is 11.4 Å². The SMILES string of the molecule is COC[C@@H](C)NC(=O)[C@@H]1CCCN(S(=O)(=O)c2cc(C(C)C)ccc2OC)C1. The van der Waals surface area contributed by atoms with Gasteiger partial charge in [0.2, 0.25) is 15.9 Å². The summed E-state index contributed by atoms with van der Waals surface area (Å²) in [6.07, 6.45) is 1.31. The average Bonchev–Trinajstić information content (AvgIpc) is 2.67. The van der Waals surface area contributed by atoms with Crippen LogP contribution in [0.5, 0.6) is 5.75 Å². The Morgan fingerprint density at radius 1 is 1.29 bits per heavy atom. The minimum atomic E-state index is -3.76. The van der Waals surface area contributed by atoms with Crippen molar-refractivity contribution in [2.24, 2.45) is 5.92 Å². The minimum absolute atomic E-state index is 0.118. The molecule has 1 fully saturated rings. The van der Waals surface area contributed by atoms with Crippen LogP contribution in [0, 0.1) is 5.92 Å². The van der Waals surface area contributed by atoms with Crippen molar-refractivity contribution in [2.75, 3.05) is 33.9 Å². The quantitative estimate of drug-likeness (QED) is 0.709. The zero-order chi connectivity index (χ0) is 20.9. The van der Waals surface area contributed by atoms with Crippen molar-refractivity contribution in [3.63, 3.8) is 0 Å². The second-order valence-corrected chi connectivity index (χ2v) is 9.54. The smallest absolute Gasteiger partial charge is 0.246 e. The molecule has 1 aliphatic heterocycles. The van der Waals surface area contributed by atoms with Crippen LogP contribution in [0.25, 0.3) is 0 Å². The van der Waals surface area contributed by atoms with Crippen LogP contribution in [0.1, 0.15) is 45.1 Å². The number of hydrogen-bond donors (Lipinski definition) is 1. The molecule has 8 heteroatoms. The zero-order valence-electron chi connectivity index (χ0n) is 17.4. The highest BCUT2D eigenvalue weighted by molar-refractivity contribution is 7.89. The Bertz CT molecular complexity index is 779. The van der Waals surface area contributed by atoms with Crippen LogP contribution in [0.4, 0.5) is 0 Å². The highest BCUT2D eigenvalue weighted by Gasteiger charge is 2.35. The first-order valence-corrected chi connectivity index (χ1v) is 11.1. The molecule has 1 aromatic rings. The Balaban J connectivity index is 2.24. The van der Waals surface area contributed by atoms with Gasteiger partial charge in [0.05, 0.1) is 19.6 Å². The van der Waals surface area contributed by atoms with Crippen molar-refractivity contribution < 1.29 is 22.7 Å². The standard InChI is InChI=1S/C20H32N2O5S/c1-14(2)16-8-9-18(27-5)19(11-16)28(24,25)22-10-6-7-17(12-22)20(23)21-15(3)13-26-4/h8-9,11,14-15,17H,6-7,10,12-13H2,1-5H3,(H,21,23)/t15-,17-/m1/s1. The van der Waals surface area contributed by atoms with E-state index in [4.69, 9.17) is 9.47 Å². The van der Waals surface area contributed by atoms with Crippen LogP contribution >= 0.6 is 0 Å². The first kappa shape index (κ1) is 22.6. The van der Waals surface area contributed by atoms with Gasteiger partial charge in [-0.25, -0.2) is 8.42 Å². The third-order valence-corrected chi connectivity index (χ3v) is 6.92. The Labute approximate surface area is 168 Å². The summed E-state index contributed by atoms with van der Waals surface area (Å²) in [6, 6.07) is 5.14. The van der Waals surface area contributed by atoms with Crippen molar-refractivity contribution in [3.8, 4) is 5.75 Å². The summed E-state index contributed by atoms with van der Waals surface area (Å²) in [5.41, 5.74) is 0.930. The summed E-state index contributed by atoms with van der Waals surface area (Å²) in [5, 5.41) is 2.90. The number of amides is 1. The lowest BCUT2D eigenvalue weighted by molar-refractivity contribution is -0.127. The predicted octanol–water partition coefficient (Wildman–Crippen LogP) is 2.37. The number of benzene rings is 1. The minimum Gasteiger partial charge on any atom is -0.495 e. The molecule has 1 aromatic carbocycles. The van der Waals surface area contributed by atoms with Crippen LogP contribution in [0.2, 0.25) is 0 Å². The van der Waals surface area contributed by atoms with E-state index >= 15 is 0 Å². The van der Waals surface area contributed by atoms with Gasteiger partial charge in [-0.1, -0.05) is 19.9 Å². The molecule has 1 saturated heterocycles. The summed E-state index contributed by atoms with van der Waals surface area (Å²) in [5.74, 6) is 0.0150. The van der Waals surface area contributed by atoms with E-state index in [9.17, 15) is 13.2 Å². The number of piperidine rings is 1. The maximum atomic E-state index is 13.3. The second-order valence-electron chi connectivity index (χ2n) is 7.63. The van der Waals surface area contributed by atoms with E-state index in [1.807, 2.05) is 26.8 Å². The van der Waals surface area contributed by atoms with Crippen molar-refractivity contribution in [1.82, 2.24) is 9.62 Å². The maximum absolute atomic E-state index is 13.3. The van der Waals surface area contributed by atoms with Crippen LogP contribution in [-0.2, 0) is 19.6 Å². The van der Waals surface area contributed by atoms with Gasteiger partial charge in [0, 0.05) is 26.2 Å². The second kappa shape index (κ2) is 9.71. The van der Waals surface area contributed by atoms with Crippen molar-refractivity contribution in [3.05, 3.63) is 23.8 Å². The Kier molecular flexibility index (Phi) is 7.86. The number of carbonyl (C=O) groups is 1. The highest BCUT2D eigenvalue weighted by Crippen LogP contribution is 2.32. The third kappa shape index (κ3) is 5.24. The number of hydrogen-bond acceptors (Lipinski definition) is 5. The molecule has 2 atom stereocenters. The van der Waals surface area contributed by atoms with E-state index in [0.29, 0.717) is 31.7 Å². The average molecular weight is 413 g/mol. The molecule has 0 aromatic heterocycles. The number of nitrogens with one attached hydrogen (secondary N) is 1. The maximum Gasteiger partial charge on any atom is 0.246 e. The summed E-state index contributed by atoms with van der Waals surface area (Å²) in [7, 11) is -0.717. The molecule has 1 amide bonds. The molecular weight excluding hydrogens is 380 g/mol. The largest absolute Gasteiger partial charge is 0.495 e. The highest BCUT2D eigenvalue weighted by atomic mass is 32.2. The van der Waals surface area contributed by atoms with Gasteiger partial charge in [0.25, 0.3) is 0 Å². The van der Waals surface area contributed by atoms with Crippen LogP contribution in [-0.4, -0.2) is 58.6 Å². The van der Waals surface area contributed by atoms with Crippen LogP contribution in [0.15, 0.2) is 23.1 Å². The van der Waals surface area contributed by atoms with E-state index in [2.05, 4.69) is 5.32 Å². The van der Waals surface area contributed by atoms with E-state index in [-0.39, 0.29) is 35.2 Å². The van der Waals surface area contributed by atoms with E-state index in [0.717, 1.165) is 5.56 Å². The fourth-order valence-corrected chi connectivity index (χ4v) is 5.13. The summed E-state index contributed by atoms with van der Waals surface area (Å²) in [6.45, 7) is 6.87. The molecule has 28 heavy (non-hydrogen) atoms. The fraction of sp³-hybridized carbons (Fsp3) is 0.650. The number of nitrogens with zero attached hydrogens (tertiary/aromatic N) is 1. The number of methoxy groups -OCH3 is 2. The Morgan fingerprint density at radius 2 is 2.00 bits per heavy atom. The molecule has 0 spiro atoms. The van der Waals surface area contributed by atoms with Crippen LogP contribution in [0.3, 0.4) is 0 Å². The van der Waals surface area contributed by atoms with Gasteiger partial charge in [0.15, 0.2) is 0 Å². The van der Waals surface area contributed by atoms with Gasteiger partial charge in [-0.05, 0) is 43.4 Å². The number of sulfonamides is 1. The fourth-order valence-electron chi connectivity index (χ4n) is 3.42. The molecule has 1 heterocycles. The molecule has 7 nitrogen and oxygen atoms in total. The Morgan fingerprint density at radius 3 is 2.61 bits per heavy atom. The molecule has 1 aliphatic rings. The van der Waals surface area contributed by atoms with Gasteiger partial charge in [-0.3, -0.25) is 4.79 Å². The summed E-state index contributed by atoms with van der Waals surface area (Å²) < 4.78 is 38.4. The van der Waals surface area contributed by atoms with Crippen molar-refractivity contribution in [2.45, 2.75) is 50.5 Å². The van der Waals surface area contributed by atoms with Crippen molar-refractivity contribution in [1.29, 1.82) is 0 Å². The molecule has 0 saturated carbocycles. The van der Waals surface area contributed by atoms with Gasteiger partial charge in [-0.2, -0.15) is 4.31 Å². The lowest BCUT2D eigenvalue weighted by Gasteiger charge is -2.32. The normalized spacial score (nSPS) is 19.4. The zero-order valence-corrected chi connectivity index (χ0v) is 18.2. The predicted molar refractivity (Wildman–Crippen MR) is 108 cm³/mol. The monoisotopic (exact) mass is 412 g/mol. The number of rotatable bonds is 8. The van der Waals surface area contributed by atoms with Gasteiger partial charge in [0.1, 0.15) is 10.6 Å². The molecule has 0 aliphatic carbocycles. The topological polar surface area (TPSA) is 84.9 Å². The Hall–Kier alpha value is -1.64. The van der Waals surface area contributed by atoms with E-state index < -0.39 is 10.0 Å². The number of ether oxygens (including phenoxy) is 2. The molecule has 0 bridgehead atoms. The van der Waals surface area contributed by atoms with Gasteiger partial charge < -0.3 is 14.8 Å². The number of carbonyl (C=O) groups excluding carboxylic acids is 1. The van der Waals surface area contributed by atoms with Gasteiger partial charge in [-0.15, -0.1) is 0 Å². The lowest BCUT2D eigenvalue weighted by atomic mass is 9.98. The van der Waals surface area contributed by atoms with Gasteiger partial charge >= 0.3 is 0 Å². The molecule has 2 rings (SSSR count). The summed E-state index contributed by atoms with van der Waals surface area (Å²) in [4.78, 5) is 12.7. The van der Waals surface area contributed by atoms with Crippen molar-refractivity contribution >= 4 is 15.9 Å². The lowest BCUT2D eigenvalue weighted by Crippen LogP contribution is -2.47. The molecule has 1 N–H and O–H groups in total. The summed E-state index contributed by atoms with van der Waals surface area (Å²) >= 11 is 0. The molecule has 0 radical (unpaired) electrons. The molecule has 158 valence electrons. The first-order valence-electron chi connectivity index (χ1n) is 9.68. The van der Waals surface area contributed by atoms with Crippen LogP contribution < -0.4 is 10.1 Å². The molecule has 0 unspecified atom stereocenters. The first-order chi connectivity index (χ1) is 13.2. The van der Waals surface area contributed by atoms with E-state index in [1.54, 1.807) is 19.2 Å². The third-order valence-electron chi connectivity index (χ3n) is 5.03.